The smallest absolute Gasteiger partial charge is 0.292 e. The van der Waals surface area contributed by atoms with Gasteiger partial charge in [-0.15, -0.1) is 0 Å². The van der Waals surface area contributed by atoms with E-state index in [4.69, 9.17) is 0 Å². The Hall–Kier alpha value is -2.47. The van der Waals surface area contributed by atoms with Gasteiger partial charge in [-0.1, -0.05) is 32.0 Å². The van der Waals surface area contributed by atoms with Gasteiger partial charge in [0, 0.05) is 12.7 Å². The average molecular weight is 315 g/mol. The molecule has 1 aromatic carbocycles. The van der Waals surface area contributed by atoms with E-state index in [0.717, 1.165) is 5.69 Å². The van der Waals surface area contributed by atoms with Gasteiger partial charge in [0.1, 0.15) is 0 Å². The van der Waals surface area contributed by atoms with Crippen molar-refractivity contribution in [1.29, 1.82) is 0 Å². The third-order valence-corrected chi connectivity index (χ3v) is 3.31. The van der Waals surface area contributed by atoms with Gasteiger partial charge in [-0.25, -0.2) is 4.68 Å². The van der Waals surface area contributed by atoms with Crippen molar-refractivity contribution in [3.05, 3.63) is 48.3 Å². The average Bonchev–Trinajstić information content (AvgIpc) is 3.02. The van der Waals surface area contributed by atoms with E-state index in [1.807, 2.05) is 44.2 Å². The van der Waals surface area contributed by atoms with E-state index in [0.29, 0.717) is 12.3 Å². The number of rotatable bonds is 7. The number of hydrogen-bond acceptors (Lipinski definition) is 4. The Morgan fingerprint density at radius 1 is 1.26 bits per heavy atom. The Morgan fingerprint density at radius 3 is 2.61 bits per heavy atom. The van der Waals surface area contributed by atoms with Crippen LogP contribution in [0.1, 0.15) is 30.6 Å². The zero-order valence-electron chi connectivity index (χ0n) is 13.3. The quantitative estimate of drug-likeness (QED) is 0.600. The summed E-state index contributed by atoms with van der Waals surface area (Å²) >= 11 is 0. The molecule has 2 aromatic rings. The van der Waals surface area contributed by atoms with Crippen LogP contribution in [0.3, 0.4) is 0 Å². The van der Waals surface area contributed by atoms with Gasteiger partial charge in [-0.3, -0.25) is 9.59 Å². The van der Waals surface area contributed by atoms with Crippen LogP contribution in [0.4, 0.5) is 0 Å². The third-order valence-electron chi connectivity index (χ3n) is 3.31. The van der Waals surface area contributed by atoms with Crippen LogP contribution in [0.15, 0.2) is 42.7 Å². The molecule has 6 heteroatoms. The molecule has 0 saturated carbocycles. The van der Waals surface area contributed by atoms with Crippen LogP contribution in [0.25, 0.3) is 5.69 Å². The predicted octanol–water partition coefficient (Wildman–Crippen LogP) is 1.58. The molecule has 2 rings (SSSR count). The van der Waals surface area contributed by atoms with E-state index < -0.39 is 17.8 Å². The van der Waals surface area contributed by atoms with Crippen molar-refractivity contribution in [2.45, 2.75) is 26.4 Å². The largest absolute Gasteiger partial charge is 0.391 e. The minimum absolute atomic E-state index is 0.0651. The highest BCUT2D eigenvalue weighted by molar-refractivity contribution is 6.42. The Labute approximate surface area is 135 Å². The number of Topliss-reactive ketones (excluding diaryl/α,β-unsaturated/α-hetero) is 1. The number of benzene rings is 1. The molecule has 2 N–H and O–H groups in total. The molecule has 0 bridgehead atoms. The molecule has 1 aromatic heterocycles. The molecule has 0 spiro atoms. The van der Waals surface area contributed by atoms with E-state index in [2.05, 4.69) is 10.4 Å². The lowest BCUT2D eigenvalue weighted by Crippen LogP contribution is -2.37. The standard InChI is InChI=1S/C17H21N3O3/c1-12(2)8-15(21)10-18-17(23)16(22)13-9-19-20(11-13)14-6-4-3-5-7-14/h3-7,9,11-12,15,21H,8,10H2,1-2H3,(H,18,23). The topological polar surface area (TPSA) is 84.2 Å². The minimum atomic E-state index is -0.736. The molecule has 1 heterocycles. The predicted molar refractivity (Wildman–Crippen MR) is 86.4 cm³/mol. The maximum absolute atomic E-state index is 12.1. The second-order valence-corrected chi connectivity index (χ2v) is 5.83. The summed E-state index contributed by atoms with van der Waals surface area (Å²) in [5, 5.41) is 16.3. The molecular weight excluding hydrogens is 294 g/mol. The number of aliphatic hydroxyl groups excluding tert-OH is 1. The Kier molecular flexibility index (Phi) is 5.65. The van der Waals surface area contributed by atoms with Gasteiger partial charge in [-0.05, 0) is 24.5 Å². The number of carbonyl (C=O) groups is 2. The summed E-state index contributed by atoms with van der Waals surface area (Å²) < 4.78 is 1.54. The normalized spacial score (nSPS) is 12.2. The SMILES string of the molecule is CC(C)CC(O)CNC(=O)C(=O)c1cnn(-c2ccccc2)c1. The zero-order chi connectivity index (χ0) is 16.8. The molecular formula is C17H21N3O3. The van der Waals surface area contributed by atoms with Crippen molar-refractivity contribution in [2.24, 2.45) is 5.92 Å². The van der Waals surface area contributed by atoms with Crippen LogP contribution in [0, 0.1) is 5.92 Å². The Morgan fingerprint density at radius 2 is 1.96 bits per heavy atom. The number of carbonyl (C=O) groups excluding carboxylic acids is 2. The molecule has 1 atom stereocenters. The number of nitrogens with zero attached hydrogens (tertiary/aromatic N) is 2. The fourth-order valence-corrected chi connectivity index (χ4v) is 2.21. The molecule has 122 valence electrons. The van der Waals surface area contributed by atoms with Crippen LogP contribution in [-0.4, -0.2) is 39.2 Å². The fraction of sp³-hybridized carbons (Fsp3) is 0.353. The highest BCUT2D eigenvalue weighted by atomic mass is 16.3. The van der Waals surface area contributed by atoms with E-state index >= 15 is 0 Å². The van der Waals surface area contributed by atoms with Crippen LogP contribution in [0.5, 0.6) is 0 Å². The monoisotopic (exact) mass is 315 g/mol. The lowest BCUT2D eigenvalue weighted by atomic mass is 10.1. The highest BCUT2D eigenvalue weighted by Crippen LogP contribution is 2.08. The first-order chi connectivity index (χ1) is 11.0. The zero-order valence-corrected chi connectivity index (χ0v) is 13.3. The lowest BCUT2D eigenvalue weighted by molar-refractivity contribution is -0.117. The number of aliphatic hydroxyl groups is 1. The summed E-state index contributed by atoms with van der Waals surface area (Å²) in [5.41, 5.74) is 1.02. The molecule has 0 radical (unpaired) electrons. The number of ketones is 1. The van der Waals surface area contributed by atoms with Gasteiger partial charge in [0.05, 0.1) is 23.6 Å². The minimum Gasteiger partial charge on any atom is -0.391 e. The molecule has 0 fully saturated rings. The first-order valence-corrected chi connectivity index (χ1v) is 7.58. The van der Waals surface area contributed by atoms with Gasteiger partial charge >= 0.3 is 0 Å². The molecule has 0 aliphatic carbocycles. The highest BCUT2D eigenvalue weighted by Gasteiger charge is 2.19. The summed E-state index contributed by atoms with van der Waals surface area (Å²) in [7, 11) is 0. The van der Waals surface area contributed by atoms with Crippen LogP contribution >= 0.6 is 0 Å². The second-order valence-electron chi connectivity index (χ2n) is 5.83. The van der Waals surface area contributed by atoms with Gasteiger partial charge < -0.3 is 10.4 Å². The van der Waals surface area contributed by atoms with Crippen LogP contribution < -0.4 is 5.32 Å². The lowest BCUT2D eigenvalue weighted by Gasteiger charge is -2.13. The molecule has 0 saturated heterocycles. The van der Waals surface area contributed by atoms with Crippen molar-refractivity contribution in [3.8, 4) is 5.69 Å². The second kappa shape index (κ2) is 7.69. The van der Waals surface area contributed by atoms with E-state index in [1.54, 1.807) is 0 Å². The molecule has 23 heavy (non-hydrogen) atoms. The fourth-order valence-electron chi connectivity index (χ4n) is 2.21. The number of para-hydroxylation sites is 1. The number of amides is 1. The molecule has 1 unspecified atom stereocenters. The molecule has 0 aliphatic heterocycles. The summed E-state index contributed by atoms with van der Waals surface area (Å²) in [4.78, 5) is 23.9. The third kappa shape index (κ3) is 4.75. The van der Waals surface area contributed by atoms with Crippen molar-refractivity contribution in [3.63, 3.8) is 0 Å². The maximum atomic E-state index is 12.1. The number of nitrogens with one attached hydrogen (secondary N) is 1. The van der Waals surface area contributed by atoms with Crippen molar-refractivity contribution >= 4 is 11.7 Å². The summed E-state index contributed by atoms with van der Waals surface area (Å²) in [6.45, 7) is 4.03. The summed E-state index contributed by atoms with van der Waals surface area (Å²) in [5.74, 6) is -1.08. The van der Waals surface area contributed by atoms with Gasteiger partial charge in [-0.2, -0.15) is 5.10 Å². The van der Waals surface area contributed by atoms with E-state index in [1.165, 1.54) is 17.1 Å². The van der Waals surface area contributed by atoms with E-state index in [-0.39, 0.29) is 12.1 Å². The van der Waals surface area contributed by atoms with E-state index in [9.17, 15) is 14.7 Å². The van der Waals surface area contributed by atoms with Crippen LogP contribution in [-0.2, 0) is 4.79 Å². The Bertz CT molecular complexity index is 665. The number of hydrogen-bond donors (Lipinski definition) is 2. The first kappa shape index (κ1) is 16.9. The maximum Gasteiger partial charge on any atom is 0.292 e. The van der Waals surface area contributed by atoms with Crippen molar-refractivity contribution < 1.29 is 14.7 Å². The summed E-state index contributed by atoms with van der Waals surface area (Å²) in [6.07, 6.45) is 2.79. The van der Waals surface area contributed by atoms with Gasteiger partial charge in [0.2, 0.25) is 0 Å². The van der Waals surface area contributed by atoms with Gasteiger partial charge in [0.15, 0.2) is 0 Å². The van der Waals surface area contributed by atoms with Crippen molar-refractivity contribution in [2.75, 3.05) is 6.54 Å². The first-order valence-electron chi connectivity index (χ1n) is 7.58. The molecule has 6 nitrogen and oxygen atoms in total. The number of aromatic nitrogens is 2. The molecule has 0 aliphatic rings. The van der Waals surface area contributed by atoms with Gasteiger partial charge in [0.25, 0.3) is 11.7 Å². The van der Waals surface area contributed by atoms with Crippen molar-refractivity contribution in [1.82, 2.24) is 15.1 Å². The summed E-state index contributed by atoms with van der Waals surface area (Å²) in [6, 6.07) is 9.31. The van der Waals surface area contributed by atoms with Crippen LogP contribution in [0.2, 0.25) is 0 Å². The molecule has 1 amide bonds. The Balaban J connectivity index is 1.95.